The molecule has 0 aromatic heterocycles. The Morgan fingerprint density at radius 1 is 1.00 bits per heavy atom. The van der Waals surface area contributed by atoms with Gasteiger partial charge in [0.05, 0.1) is 13.1 Å². The number of anilines is 1. The summed E-state index contributed by atoms with van der Waals surface area (Å²) in [7, 11) is 0. The molecule has 1 aliphatic heterocycles. The average molecular weight is 468 g/mol. The highest BCUT2D eigenvalue weighted by Crippen LogP contribution is 2.48. The monoisotopic (exact) mass is 468 g/mol. The van der Waals surface area contributed by atoms with Gasteiger partial charge in [0.25, 0.3) is 0 Å². The highest BCUT2D eigenvalue weighted by molar-refractivity contribution is 5.92. The highest BCUT2D eigenvalue weighted by Gasteiger charge is 2.64. The highest BCUT2D eigenvalue weighted by atomic mass is 19.4. The van der Waals surface area contributed by atoms with E-state index in [1.54, 1.807) is 9.80 Å². The lowest BCUT2D eigenvalue weighted by Crippen LogP contribution is -2.54. The summed E-state index contributed by atoms with van der Waals surface area (Å²) in [6.45, 7) is -1.88. The Labute approximate surface area is 179 Å². The maximum Gasteiger partial charge on any atom is 0.411 e. The van der Waals surface area contributed by atoms with Crippen LogP contribution in [0.1, 0.15) is 12.8 Å². The SMILES string of the molecule is O=C(CN1CCN(CC(=O)NC2(C(F)(F)F)CC2)CC1)Nc1cc(F)cc(OC(F)F)c1. The molecular formula is C19H22F6N4O3. The molecule has 2 amide bonds. The maximum absolute atomic E-state index is 13.5. The first-order chi connectivity index (χ1) is 15.0. The summed E-state index contributed by atoms with van der Waals surface area (Å²) in [4.78, 5) is 27.6. The molecule has 1 aliphatic carbocycles. The Balaban J connectivity index is 1.42. The van der Waals surface area contributed by atoms with Crippen molar-refractivity contribution in [1.29, 1.82) is 0 Å². The number of rotatable bonds is 8. The molecule has 1 aromatic rings. The summed E-state index contributed by atoms with van der Waals surface area (Å²) in [5.74, 6) is -2.49. The summed E-state index contributed by atoms with van der Waals surface area (Å²) in [6.07, 6.45) is -4.71. The fourth-order valence-electron chi connectivity index (χ4n) is 3.43. The van der Waals surface area contributed by atoms with Gasteiger partial charge in [0, 0.05) is 44.0 Å². The van der Waals surface area contributed by atoms with Crippen molar-refractivity contribution in [2.75, 3.05) is 44.6 Å². The lowest BCUT2D eigenvalue weighted by molar-refractivity contribution is -0.170. The molecule has 0 unspecified atom stereocenters. The van der Waals surface area contributed by atoms with Gasteiger partial charge in [-0.3, -0.25) is 19.4 Å². The molecule has 2 N–H and O–H groups in total. The minimum atomic E-state index is -4.47. The van der Waals surface area contributed by atoms with Crippen LogP contribution in [0.2, 0.25) is 0 Å². The molecule has 13 heteroatoms. The van der Waals surface area contributed by atoms with Crippen molar-refractivity contribution in [3.8, 4) is 5.75 Å². The number of piperazine rings is 1. The largest absolute Gasteiger partial charge is 0.435 e. The van der Waals surface area contributed by atoms with Gasteiger partial charge in [-0.15, -0.1) is 0 Å². The smallest absolute Gasteiger partial charge is 0.411 e. The van der Waals surface area contributed by atoms with Crippen molar-refractivity contribution in [3.05, 3.63) is 24.0 Å². The lowest BCUT2D eigenvalue weighted by atomic mass is 10.2. The molecule has 7 nitrogen and oxygen atoms in total. The van der Waals surface area contributed by atoms with Crippen molar-refractivity contribution in [1.82, 2.24) is 15.1 Å². The minimum absolute atomic E-state index is 0.0420. The average Bonchev–Trinajstić information content (AvgIpc) is 3.42. The molecule has 1 saturated heterocycles. The van der Waals surface area contributed by atoms with Gasteiger partial charge in [-0.2, -0.15) is 22.0 Å². The number of hydrogen-bond acceptors (Lipinski definition) is 5. The van der Waals surface area contributed by atoms with Gasteiger partial charge in [-0.05, 0) is 18.9 Å². The first-order valence-electron chi connectivity index (χ1n) is 9.83. The summed E-state index contributed by atoms with van der Waals surface area (Å²) < 4.78 is 81.0. The number of alkyl halides is 5. The number of benzene rings is 1. The molecule has 1 saturated carbocycles. The molecule has 0 radical (unpaired) electrons. The first kappa shape index (κ1) is 24.1. The second kappa shape index (κ2) is 9.53. The quantitative estimate of drug-likeness (QED) is 0.573. The molecule has 0 bridgehead atoms. The second-order valence-corrected chi connectivity index (χ2v) is 7.78. The van der Waals surface area contributed by atoms with Gasteiger partial charge in [0.2, 0.25) is 11.8 Å². The molecular weight excluding hydrogens is 446 g/mol. The molecule has 178 valence electrons. The molecule has 2 fully saturated rings. The van der Waals surface area contributed by atoms with Crippen molar-refractivity contribution in [3.63, 3.8) is 0 Å². The van der Waals surface area contributed by atoms with Gasteiger partial charge in [0.1, 0.15) is 17.1 Å². The van der Waals surface area contributed by atoms with E-state index in [-0.39, 0.29) is 31.6 Å². The predicted octanol–water partition coefficient (Wildman–Crippen LogP) is 2.19. The Kier molecular flexibility index (Phi) is 7.18. The normalized spacial score (nSPS) is 19.0. The van der Waals surface area contributed by atoms with Gasteiger partial charge in [-0.1, -0.05) is 0 Å². The number of ether oxygens (including phenoxy) is 1. The molecule has 3 rings (SSSR count). The number of hydrogen-bond donors (Lipinski definition) is 2. The van der Waals surface area contributed by atoms with Crippen LogP contribution < -0.4 is 15.4 Å². The van der Waals surface area contributed by atoms with Crippen LogP contribution in [0.5, 0.6) is 5.75 Å². The third-order valence-corrected chi connectivity index (χ3v) is 5.25. The van der Waals surface area contributed by atoms with Crippen molar-refractivity contribution < 1.29 is 40.7 Å². The first-order valence-corrected chi connectivity index (χ1v) is 9.83. The third kappa shape index (κ3) is 6.48. The predicted molar refractivity (Wildman–Crippen MR) is 101 cm³/mol. The van der Waals surface area contributed by atoms with Crippen LogP contribution in [0.25, 0.3) is 0 Å². The fourth-order valence-corrected chi connectivity index (χ4v) is 3.43. The van der Waals surface area contributed by atoms with E-state index in [1.807, 2.05) is 0 Å². The van der Waals surface area contributed by atoms with Crippen LogP contribution in [0.3, 0.4) is 0 Å². The Morgan fingerprint density at radius 2 is 1.56 bits per heavy atom. The molecule has 32 heavy (non-hydrogen) atoms. The van der Waals surface area contributed by atoms with E-state index in [4.69, 9.17) is 0 Å². The van der Waals surface area contributed by atoms with Crippen LogP contribution in [0, 0.1) is 5.82 Å². The zero-order valence-corrected chi connectivity index (χ0v) is 16.9. The van der Waals surface area contributed by atoms with Crippen LogP contribution in [-0.4, -0.2) is 79.2 Å². The zero-order valence-electron chi connectivity index (χ0n) is 16.9. The Bertz CT molecular complexity index is 839. The maximum atomic E-state index is 13.5. The van der Waals surface area contributed by atoms with Crippen molar-refractivity contribution >= 4 is 17.5 Å². The van der Waals surface area contributed by atoms with Crippen LogP contribution >= 0.6 is 0 Å². The standard InChI is InChI=1S/C19H22F6N4O3/c20-12-7-13(9-14(8-12)32-17(21)22)26-15(30)10-28-3-5-29(6-4-28)11-16(31)27-18(1-2-18)19(23,24)25/h7-9,17H,1-6,10-11H2,(H,26,30)(H,27,31). The minimum Gasteiger partial charge on any atom is -0.435 e. The van der Waals surface area contributed by atoms with E-state index in [0.29, 0.717) is 26.2 Å². The lowest BCUT2D eigenvalue weighted by Gasteiger charge is -2.34. The van der Waals surface area contributed by atoms with Crippen LogP contribution in [-0.2, 0) is 9.59 Å². The Morgan fingerprint density at radius 3 is 2.06 bits per heavy atom. The molecule has 0 spiro atoms. The molecule has 1 heterocycles. The van der Waals surface area contributed by atoms with E-state index in [2.05, 4.69) is 15.4 Å². The van der Waals surface area contributed by atoms with Crippen LogP contribution in [0.15, 0.2) is 18.2 Å². The molecule has 2 aliphatic rings. The van der Waals surface area contributed by atoms with E-state index < -0.39 is 41.7 Å². The summed E-state index contributed by atoms with van der Waals surface area (Å²) >= 11 is 0. The van der Waals surface area contributed by atoms with Crippen LogP contribution in [0.4, 0.5) is 32.0 Å². The van der Waals surface area contributed by atoms with E-state index in [0.717, 1.165) is 18.2 Å². The van der Waals surface area contributed by atoms with Crippen molar-refractivity contribution in [2.45, 2.75) is 31.2 Å². The number of halogens is 6. The molecule has 0 atom stereocenters. The topological polar surface area (TPSA) is 73.9 Å². The summed E-state index contributed by atoms with van der Waals surface area (Å²) in [5, 5.41) is 4.48. The van der Waals surface area contributed by atoms with E-state index >= 15 is 0 Å². The summed E-state index contributed by atoms with van der Waals surface area (Å²) in [5.41, 5.74) is -2.14. The number of nitrogens with zero attached hydrogens (tertiary/aromatic N) is 2. The van der Waals surface area contributed by atoms with Gasteiger partial charge in [-0.25, -0.2) is 4.39 Å². The number of carbonyl (C=O) groups excluding carboxylic acids is 2. The zero-order chi connectivity index (χ0) is 23.5. The number of amides is 2. The third-order valence-electron chi connectivity index (χ3n) is 5.25. The van der Waals surface area contributed by atoms with Gasteiger partial charge < -0.3 is 15.4 Å². The number of nitrogens with one attached hydrogen (secondary N) is 2. The molecule has 1 aromatic carbocycles. The fraction of sp³-hybridized carbons (Fsp3) is 0.579. The second-order valence-electron chi connectivity index (χ2n) is 7.78. The summed E-state index contributed by atoms with van der Waals surface area (Å²) in [6, 6.07) is 2.79. The van der Waals surface area contributed by atoms with Gasteiger partial charge in [0.15, 0.2) is 0 Å². The van der Waals surface area contributed by atoms with Gasteiger partial charge >= 0.3 is 12.8 Å². The van der Waals surface area contributed by atoms with E-state index in [1.165, 1.54) is 0 Å². The van der Waals surface area contributed by atoms with Crippen molar-refractivity contribution in [2.24, 2.45) is 0 Å². The Hall–Kier alpha value is -2.54. The van der Waals surface area contributed by atoms with E-state index in [9.17, 15) is 35.9 Å². The number of carbonyl (C=O) groups is 2.